The van der Waals surface area contributed by atoms with Gasteiger partial charge in [0.2, 0.25) is 0 Å². The van der Waals surface area contributed by atoms with Gasteiger partial charge in [0.15, 0.2) is 0 Å². The number of carbonyl (C=O) groups is 1. The Kier molecular flexibility index (Phi) is 6.84. The van der Waals surface area contributed by atoms with Gasteiger partial charge < -0.3 is 19.9 Å². The van der Waals surface area contributed by atoms with Crippen LogP contribution >= 0.6 is 0 Å². The van der Waals surface area contributed by atoms with Gasteiger partial charge >= 0.3 is 5.97 Å². The fourth-order valence-electron chi connectivity index (χ4n) is 1.38. The zero-order chi connectivity index (χ0) is 14.1. The molecule has 0 heterocycles. The van der Waals surface area contributed by atoms with Gasteiger partial charge in [-0.3, -0.25) is 0 Å². The summed E-state index contributed by atoms with van der Waals surface area (Å²) < 4.78 is 28.3. The summed E-state index contributed by atoms with van der Waals surface area (Å²) in [4.78, 5) is 11.6. The van der Waals surface area contributed by atoms with Crippen molar-refractivity contribution in [3.05, 3.63) is 29.6 Å². The molecular formula is C13H18FNO4. The van der Waals surface area contributed by atoms with Crippen LogP contribution in [0.4, 0.5) is 10.1 Å². The van der Waals surface area contributed by atoms with Gasteiger partial charge in [0, 0.05) is 26.0 Å². The number of benzene rings is 1. The summed E-state index contributed by atoms with van der Waals surface area (Å²) in [6.45, 7) is 1.48. The van der Waals surface area contributed by atoms with Crippen LogP contribution in [0.5, 0.6) is 0 Å². The van der Waals surface area contributed by atoms with Crippen molar-refractivity contribution in [3.63, 3.8) is 0 Å². The first-order valence-electron chi connectivity index (χ1n) is 5.94. The molecule has 0 aliphatic carbocycles. The molecule has 1 rings (SSSR count). The van der Waals surface area contributed by atoms with Gasteiger partial charge in [-0.05, 0) is 24.6 Å². The van der Waals surface area contributed by atoms with Crippen LogP contribution in [-0.4, -0.2) is 39.5 Å². The highest BCUT2D eigenvalue weighted by Gasteiger charge is 2.13. The second kappa shape index (κ2) is 8.44. The summed E-state index contributed by atoms with van der Waals surface area (Å²) in [7, 11) is 1.61. The van der Waals surface area contributed by atoms with E-state index in [9.17, 15) is 9.18 Å². The van der Waals surface area contributed by atoms with Crippen LogP contribution in [0.1, 0.15) is 16.8 Å². The first kappa shape index (κ1) is 15.4. The van der Waals surface area contributed by atoms with Crippen molar-refractivity contribution in [1.82, 2.24) is 0 Å². The Morgan fingerprint density at radius 1 is 1.26 bits per heavy atom. The number of esters is 1. The van der Waals surface area contributed by atoms with E-state index < -0.39 is 11.8 Å². The molecule has 0 saturated heterocycles. The van der Waals surface area contributed by atoms with Crippen molar-refractivity contribution in [2.45, 2.75) is 6.42 Å². The Balaban J connectivity index is 2.26. The molecule has 1 aromatic carbocycles. The minimum atomic E-state index is -0.745. The van der Waals surface area contributed by atoms with Gasteiger partial charge in [-0.1, -0.05) is 0 Å². The molecule has 0 atom stereocenters. The topological polar surface area (TPSA) is 70.8 Å². The number of rotatable bonds is 8. The average molecular weight is 271 g/mol. The molecule has 2 N–H and O–H groups in total. The highest BCUT2D eigenvalue weighted by Crippen LogP contribution is 2.13. The van der Waals surface area contributed by atoms with Crippen molar-refractivity contribution >= 4 is 11.7 Å². The van der Waals surface area contributed by atoms with Gasteiger partial charge in [-0.25, -0.2) is 9.18 Å². The maximum Gasteiger partial charge on any atom is 0.341 e. The van der Waals surface area contributed by atoms with E-state index in [2.05, 4.69) is 0 Å². The van der Waals surface area contributed by atoms with E-state index in [1.807, 2.05) is 0 Å². The zero-order valence-electron chi connectivity index (χ0n) is 10.9. The number of halogens is 1. The predicted octanol–water partition coefficient (Wildman–Crippen LogP) is 1.62. The molecule has 0 aliphatic heterocycles. The standard InChI is InChI=1S/C13H18FNO4/c1-17-5-2-6-18-7-8-19-13(16)11-9-10(15)3-4-12(11)14/h3-4,9H,2,5-8,15H2,1H3. The lowest BCUT2D eigenvalue weighted by Crippen LogP contribution is -2.13. The van der Waals surface area contributed by atoms with Crippen molar-refractivity contribution in [3.8, 4) is 0 Å². The normalized spacial score (nSPS) is 10.4. The van der Waals surface area contributed by atoms with Crippen molar-refractivity contribution in [1.29, 1.82) is 0 Å². The maximum atomic E-state index is 13.3. The predicted molar refractivity (Wildman–Crippen MR) is 68.4 cm³/mol. The van der Waals surface area contributed by atoms with E-state index in [0.29, 0.717) is 18.9 Å². The van der Waals surface area contributed by atoms with Gasteiger partial charge in [0.1, 0.15) is 12.4 Å². The minimum absolute atomic E-state index is 0.0695. The Hall–Kier alpha value is -1.66. The molecule has 0 fully saturated rings. The van der Waals surface area contributed by atoms with E-state index in [4.69, 9.17) is 19.9 Å². The highest BCUT2D eigenvalue weighted by atomic mass is 19.1. The van der Waals surface area contributed by atoms with Crippen molar-refractivity contribution in [2.75, 3.05) is 39.3 Å². The fraction of sp³-hybridized carbons (Fsp3) is 0.462. The first-order valence-corrected chi connectivity index (χ1v) is 5.94. The lowest BCUT2D eigenvalue weighted by Gasteiger charge is -2.07. The van der Waals surface area contributed by atoms with Gasteiger partial charge in [-0.2, -0.15) is 0 Å². The molecule has 6 heteroatoms. The van der Waals surface area contributed by atoms with E-state index in [1.54, 1.807) is 7.11 Å². The van der Waals surface area contributed by atoms with Crippen LogP contribution < -0.4 is 5.73 Å². The Bertz CT molecular complexity index is 412. The largest absolute Gasteiger partial charge is 0.460 e. The molecule has 0 saturated carbocycles. The molecule has 0 unspecified atom stereocenters. The number of nitrogen functional groups attached to an aromatic ring is 1. The number of anilines is 1. The number of carbonyl (C=O) groups excluding carboxylic acids is 1. The molecule has 0 bridgehead atoms. The van der Waals surface area contributed by atoms with Crippen LogP contribution in [0.2, 0.25) is 0 Å². The third-order valence-electron chi connectivity index (χ3n) is 2.31. The van der Waals surface area contributed by atoms with Crippen LogP contribution in [0, 0.1) is 5.82 Å². The lowest BCUT2D eigenvalue weighted by atomic mass is 10.2. The summed E-state index contributed by atoms with van der Waals surface area (Å²) in [6, 6.07) is 3.76. The van der Waals surface area contributed by atoms with Gasteiger partial charge in [-0.15, -0.1) is 0 Å². The van der Waals surface area contributed by atoms with Crippen LogP contribution in [0.15, 0.2) is 18.2 Å². The Morgan fingerprint density at radius 3 is 2.79 bits per heavy atom. The first-order chi connectivity index (χ1) is 9.15. The summed E-state index contributed by atoms with van der Waals surface area (Å²) in [5.74, 6) is -1.40. The second-order valence-electron chi connectivity index (χ2n) is 3.83. The Labute approximate surface area is 111 Å². The summed E-state index contributed by atoms with van der Waals surface area (Å²) in [5, 5.41) is 0. The number of ether oxygens (including phenoxy) is 3. The maximum absolute atomic E-state index is 13.3. The number of hydrogen-bond donors (Lipinski definition) is 1. The van der Waals surface area contributed by atoms with E-state index in [-0.39, 0.29) is 18.8 Å². The Morgan fingerprint density at radius 2 is 2.05 bits per heavy atom. The van der Waals surface area contributed by atoms with Crippen LogP contribution in [-0.2, 0) is 14.2 Å². The van der Waals surface area contributed by atoms with E-state index in [1.165, 1.54) is 12.1 Å². The van der Waals surface area contributed by atoms with Gasteiger partial charge in [0.25, 0.3) is 0 Å². The number of hydrogen-bond acceptors (Lipinski definition) is 5. The van der Waals surface area contributed by atoms with Gasteiger partial charge in [0.05, 0.1) is 12.2 Å². The van der Waals surface area contributed by atoms with E-state index in [0.717, 1.165) is 12.5 Å². The SMILES string of the molecule is COCCCOCCOC(=O)c1cc(N)ccc1F. The molecule has 1 aromatic rings. The molecule has 5 nitrogen and oxygen atoms in total. The summed E-state index contributed by atoms with van der Waals surface area (Å²) >= 11 is 0. The van der Waals surface area contributed by atoms with Crippen molar-refractivity contribution in [2.24, 2.45) is 0 Å². The molecule has 0 spiro atoms. The van der Waals surface area contributed by atoms with Crippen LogP contribution in [0.3, 0.4) is 0 Å². The smallest absolute Gasteiger partial charge is 0.341 e. The lowest BCUT2D eigenvalue weighted by molar-refractivity contribution is 0.0284. The molecule has 0 aromatic heterocycles. The average Bonchev–Trinajstić information content (AvgIpc) is 2.40. The third kappa shape index (κ3) is 5.67. The summed E-state index contributed by atoms with van der Waals surface area (Å²) in [5.41, 5.74) is 5.62. The second-order valence-corrected chi connectivity index (χ2v) is 3.83. The molecular weight excluding hydrogens is 253 g/mol. The monoisotopic (exact) mass is 271 g/mol. The van der Waals surface area contributed by atoms with Crippen molar-refractivity contribution < 1.29 is 23.4 Å². The number of methoxy groups -OCH3 is 1. The van der Waals surface area contributed by atoms with Crippen LogP contribution in [0.25, 0.3) is 0 Å². The molecule has 0 radical (unpaired) electrons. The molecule has 0 amide bonds. The summed E-state index contributed by atoms with van der Waals surface area (Å²) in [6.07, 6.45) is 0.772. The molecule has 19 heavy (non-hydrogen) atoms. The van der Waals surface area contributed by atoms with E-state index >= 15 is 0 Å². The third-order valence-corrected chi connectivity index (χ3v) is 2.31. The fourth-order valence-corrected chi connectivity index (χ4v) is 1.38. The minimum Gasteiger partial charge on any atom is -0.460 e. The molecule has 106 valence electrons. The molecule has 0 aliphatic rings. The quantitative estimate of drug-likeness (QED) is 0.442. The highest BCUT2D eigenvalue weighted by molar-refractivity contribution is 5.90. The zero-order valence-corrected chi connectivity index (χ0v) is 10.9. The number of nitrogens with two attached hydrogens (primary N) is 1.